The second-order valence-electron chi connectivity index (χ2n) is 2.32. The van der Waals surface area contributed by atoms with Crippen LogP contribution in [0.4, 0.5) is 8.78 Å². The summed E-state index contributed by atoms with van der Waals surface area (Å²) in [5.74, 6) is 0. The molecule has 0 radical (unpaired) electrons. The zero-order chi connectivity index (χ0) is 10.0. The van der Waals surface area contributed by atoms with Gasteiger partial charge in [-0.15, -0.1) is 0 Å². The molecule has 0 aliphatic carbocycles. The van der Waals surface area contributed by atoms with Gasteiger partial charge in [0, 0.05) is 17.1 Å². The summed E-state index contributed by atoms with van der Waals surface area (Å²) >= 11 is 4.70. The topological polar surface area (TPSA) is 32.9 Å². The average molecular weight is 364 g/mol. The van der Waals surface area contributed by atoms with Crippen molar-refractivity contribution in [2.45, 2.75) is 11.8 Å². The fourth-order valence-electron chi connectivity index (χ4n) is 0.841. The Morgan fingerprint density at radius 1 is 1.62 bits per heavy atom. The zero-order valence-electron chi connectivity index (χ0n) is 6.28. The number of rotatable bonds is 2. The maximum absolute atomic E-state index is 12.3. The summed E-state index contributed by atoms with van der Waals surface area (Å²) in [6.45, 7) is 0. The predicted octanol–water partition coefficient (Wildman–Crippen LogP) is 2.81. The third-order valence-corrected chi connectivity index (χ3v) is 3.13. The highest BCUT2D eigenvalue weighted by Crippen LogP contribution is 2.20. The fourth-order valence-corrected chi connectivity index (χ4v) is 1.67. The molecule has 0 aliphatic heterocycles. The quantitative estimate of drug-likeness (QED) is 0.636. The maximum atomic E-state index is 12.3. The SMILES string of the molecule is O=c1cc(CBr)[nH]c(C(F)F)c1I. The molecule has 1 aromatic rings. The minimum Gasteiger partial charge on any atom is -0.356 e. The summed E-state index contributed by atoms with van der Waals surface area (Å²) < 4.78 is 24.7. The van der Waals surface area contributed by atoms with E-state index in [1.165, 1.54) is 6.07 Å². The van der Waals surface area contributed by atoms with Crippen LogP contribution in [0.15, 0.2) is 10.9 Å². The van der Waals surface area contributed by atoms with Gasteiger partial charge in [-0.3, -0.25) is 4.79 Å². The number of H-pyrrole nitrogens is 1. The molecule has 0 saturated heterocycles. The van der Waals surface area contributed by atoms with Crippen molar-refractivity contribution in [1.82, 2.24) is 4.98 Å². The van der Waals surface area contributed by atoms with E-state index in [-0.39, 0.29) is 14.7 Å². The Bertz CT molecular complexity index is 366. The van der Waals surface area contributed by atoms with Gasteiger partial charge in [-0.2, -0.15) is 0 Å². The average Bonchev–Trinajstić information content (AvgIpc) is 2.09. The van der Waals surface area contributed by atoms with Crippen molar-refractivity contribution in [2.24, 2.45) is 0 Å². The second kappa shape index (κ2) is 4.50. The van der Waals surface area contributed by atoms with E-state index in [2.05, 4.69) is 20.9 Å². The fraction of sp³-hybridized carbons (Fsp3) is 0.286. The number of nitrogens with one attached hydrogen (secondary N) is 1. The molecule has 0 atom stereocenters. The van der Waals surface area contributed by atoms with Gasteiger partial charge in [0.1, 0.15) is 0 Å². The van der Waals surface area contributed by atoms with Crippen LogP contribution < -0.4 is 5.43 Å². The molecule has 72 valence electrons. The van der Waals surface area contributed by atoms with Gasteiger partial charge in [0.25, 0.3) is 6.43 Å². The minimum atomic E-state index is -2.64. The Labute approximate surface area is 95.0 Å². The molecule has 1 rings (SSSR count). The summed E-state index contributed by atoms with van der Waals surface area (Å²) in [6.07, 6.45) is -2.64. The summed E-state index contributed by atoms with van der Waals surface area (Å²) in [5.41, 5.74) is -0.215. The largest absolute Gasteiger partial charge is 0.356 e. The molecule has 0 bridgehead atoms. The Balaban J connectivity index is 3.33. The highest BCUT2D eigenvalue weighted by molar-refractivity contribution is 14.1. The summed E-state index contributed by atoms with van der Waals surface area (Å²) in [5, 5.41) is 0.360. The first kappa shape index (κ1) is 11.1. The van der Waals surface area contributed by atoms with Crippen LogP contribution in [0.5, 0.6) is 0 Å². The standard InChI is InChI=1S/C7H5BrF2INO/c8-2-3-1-4(13)5(11)6(12-3)7(9)10/h1,7H,2H2,(H,12,13). The van der Waals surface area contributed by atoms with E-state index in [0.29, 0.717) is 11.0 Å². The van der Waals surface area contributed by atoms with Gasteiger partial charge >= 0.3 is 0 Å². The van der Waals surface area contributed by atoms with Gasteiger partial charge in [0.2, 0.25) is 0 Å². The Hall–Kier alpha value is 0.0200. The molecule has 2 nitrogen and oxygen atoms in total. The van der Waals surface area contributed by atoms with E-state index in [1.807, 2.05) is 0 Å². The van der Waals surface area contributed by atoms with E-state index < -0.39 is 6.43 Å². The van der Waals surface area contributed by atoms with Gasteiger partial charge in [-0.05, 0) is 22.6 Å². The van der Waals surface area contributed by atoms with Crippen molar-refractivity contribution < 1.29 is 8.78 Å². The molecule has 0 amide bonds. The lowest BCUT2D eigenvalue weighted by Gasteiger charge is -2.04. The van der Waals surface area contributed by atoms with E-state index >= 15 is 0 Å². The first-order chi connectivity index (χ1) is 6.06. The van der Waals surface area contributed by atoms with Crippen LogP contribution in [0.2, 0.25) is 0 Å². The van der Waals surface area contributed by atoms with Crippen LogP contribution in [-0.4, -0.2) is 4.98 Å². The summed E-state index contributed by atoms with van der Waals surface area (Å²) in [7, 11) is 0. The van der Waals surface area contributed by atoms with Crippen LogP contribution >= 0.6 is 38.5 Å². The number of hydrogen-bond donors (Lipinski definition) is 1. The van der Waals surface area contributed by atoms with Gasteiger partial charge in [0.05, 0.1) is 9.26 Å². The van der Waals surface area contributed by atoms with Crippen molar-refractivity contribution >= 4 is 38.5 Å². The van der Waals surface area contributed by atoms with Crippen LogP contribution in [0.3, 0.4) is 0 Å². The van der Waals surface area contributed by atoms with Crippen molar-refractivity contribution in [2.75, 3.05) is 0 Å². The molecule has 1 heterocycles. The third kappa shape index (κ3) is 2.49. The van der Waals surface area contributed by atoms with Gasteiger partial charge in [-0.25, -0.2) is 8.78 Å². The predicted molar refractivity (Wildman–Crippen MR) is 57.4 cm³/mol. The van der Waals surface area contributed by atoms with Gasteiger partial charge in [0.15, 0.2) is 5.43 Å². The first-order valence-electron chi connectivity index (χ1n) is 3.32. The van der Waals surface area contributed by atoms with E-state index in [4.69, 9.17) is 0 Å². The van der Waals surface area contributed by atoms with Crippen LogP contribution in [0.1, 0.15) is 17.8 Å². The highest BCUT2D eigenvalue weighted by atomic mass is 127. The molecular weight excluding hydrogens is 359 g/mol. The smallest absolute Gasteiger partial charge is 0.279 e. The molecule has 0 aromatic carbocycles. The normalized spacial score (nSPS) is 10.8. The van der Waals surface area contributed by atoms with E-state index in [9.17, 15) is 13.6 Å². The Morgan fingerprint density at radius 3 is 2.69 bits per heavy atom. The maximum Gasteiger partial charge on any atom is 0.279 e. The third-order valence-electron chi connectivity index (χ3n) is 1.42. The van der Waals surface area contributed by atoms with E-state index in [1.54, 1.807) is 22.6 Å². The van der Waals surface area contributed by atoms with Crippen LogP contribution in [-0.2, 0) is 5.33 Å². The molecule has 1 aromatic heterocycles. The number of alkyl halides is 3. The molecule has 6 heteroatoms. The number of hydrogen-bond acceptors (Lipinski definition) is 1. The number of aromatic nitrogens is 1. The van der Waals surface area contributed by atoms with Gasteiger partial charge < -0.3 is 4.98 Å². The van der Waals surface area contributed by atoms with Crippen molar-refractivity contribution in [1.29, 1.82) is 0 Å². The van der Waals surface area contributed by atoms with Crippen molar-refractivity contribution in [3.05, 3.63) is 31.2 Å². The molecule has 0 fully saturated rings. The number of pyridine rings is 1. The number of aromatic amines is 1. The highest BCUT2D eigenvalue weighted by Gasteiger charge is 2.15. The minimum absolute atomic E-state index is 0.0531. The Morgan fingerprint density at radius 2 is 2.23 bits per heavy atom. The van der Waals surface area contributed by atoms with Gasteiger partial charge in [-0.1, -0.05) is 15.9 Å². The van der Waals surface area contributed by atoms with Crippen molar-refractivity contribution in [3.63, 3.8) is 0 Å². The first-order valence-corrected chi connectivity index (χ1v) is 5.52. The Kier molecular flexibility index (Phi) is 3.84. The molecule has 0 spiro atoms. The zero-order valence-corrected chi connectivity index (χ0v) is 10.0. The molecule has 0 saturated carbocycles. The molecule has 0 aliphatic rings. The second-order valence-corrected chi connectivity index (χ2v) is 3.96. The summed E-state index contributed by atoms with van der Waals surface area (Å²) in [4.78, 5) is 13.6. The summed E-state index contributed by atoms with van der Waals surface area (Å²) in [6, 6.07) is 1.31. The lowest BCUT2D eigenvalue weighted by Crippen LogP contribution is -2.12. The molecule has 13 heavy (non-hydrogen) atoms. The molecular formula is C7H5BrF2INO. The number of halogens is 4. The van der Waals surface area contributed by atoms with Crippen LogP contribution in [0, 0.1) is 3.57 Å². The van der Waals surface area contributed by atoms with E-state index in [0.717, 1.165) is 0 Å². The molecule has 1 N–H and O–H groups in total. The van der Waals surface area contributed by atoms with Crippen LogP contribution in [0.25, 0.3) is 0 Å². The monoisotopic (exact) mass is 363 g/mol. The lowest BCUT2D eigenvalue weighted by atomic mass is 10.3. The van der Waals surface area contributed by atoms with Crippen molar-refractivity contribution in [3.8, 4) is 0 Å². The molecule has 0 unspecified atom stereocenters. The lowest BCUT2D eigenvalue weighted by molar-refractivity contribution is 0.144.